The Balaban J connectivity index is 2.11. The molecule has 0 aromatic carbocycles. The van der Waals surface area contributed by atoms with Crippen molar-refractivity contribution in [1.29, 1.82) is 0 Å². The minimum absolute atomic E-state index is 0.136. The summed E-state index contributed by atoms with van der Waals surface area (Å²) in [4.78, 5) is 14.7. The molecule has 0 aliphatic carbocycles. The average molecular weight is 342 g/mol. The molecule has 0 aromatic rings. The molecule has 2 aliphatic rings. The number of carbonyl (C=O) groups excluding carboxylic acids is 1. The van der Waals surface area contributed by atoms with Crippen molar-refractivity contribution < 1.29 is 14.0 Å². The molecular weight excluding hydrogens is 306 g/mol. The minimum Gasteiger partial charge on any atom is -0.444 e. The van der Waals surface area contributed by atoms with E-state index in [1.165, 1.54) is 0 Å². The predicted molar refractivity (Wildman–Crippen MR) is 96.2 cm³/mol. The Hall–Kier alpha value is -0.553. The summed E-state index contributed by atoms with van der Waals surface area (Å²) < 4.78 is 12.2. The Kier molecular flexibility index (Phi) is 4.71. The molecule has 2 saturated heterocycles. The van der Waals surface area contributed by atoms with Crippen LogP contribution < -0.4 is 0 Å². The minimum atomic E-state index is -1.81. The molecule has 134 valence electrons. The molecule has 2 aliphatic heterocycles. The third-order valence-electron chi connectivity index (χ3n) is 5.86. The summed E-state index contributed by atoms with van der Waals surface area (Å²) in [5, 5.41) is 0.191. The van der Waals surface area contributed by atoms with Crippen molar-refractivity contribution in [3.8, 4) is 0 Å². The van der Waals surface area contributed by atoms with Gasteiger partial charge in [0.1, 0.15) is 5.60 Å². The maximum atomic E-state index is 12.7. The van der Waals surface area contributed by atoms with E-state index in [1.807, 2.05) is 25.7 Å². The second kappa shape index (κ2) is 5.76. The average Bonchev–Trinajstić information content (AvgIpc) is 2.88. The third-order valence-corrected chi connectivity index (χ3v) is 10.3. The fraction of sp³-hybridized carbons (Fsp3) is 0.944. The third kappa shape index (κ3) is 3.76. The van der Waals surface area contributed by atoms with E-state index in [2.05, 4.69) is 33.9 Å². The molecule has 0 atom stereocenters. The lowest BCUT2D eigenvalue weighted by Gasteiger charge is -2.41. The lowest BCUT2D eigenvalue weighted by molar-refractivity contribution is 0.000406. The molecule has 2 bridgehead atoms. The van der Waals surface area contributed by atoms with Crippen LogP contribution >= 0.6 is 0 Å². The van der Waals surface area contributed by atoms with E-state index in [0.29, 0.717) is 12.6 Å². The smallest absolute Gasteiger partial charge is 0.411 e. The van der Waals surface area contributed by atoms with Crippen molar-refractivity contribution in [2.45, 2.75) is 103 Å². The molecule has 0 saturated carbocycles. The normalized spacial score (nSPS) is 28.3. The van der Waals surface area contributed by atoms with Gasteiger partial charge in [0.15, 0.2) is 8.32 Å². The number of carbonyl (C=O) groups is 1. The van der Waals surface area contributed by atoms with Gasteiger partial charge < -0.3 is 9.16 Å². The molecule has 1 amide bonds. The lowest BCUT2D eigenvalue weighted by Crippen LogP contribution is -2.53. The molecule has 0 N–H and O–H groups in total. The van der Waals surface area contributed by atoms with Gasteiger partial charge in [0.2, 0.25) is 0 Å². The second-order valence-corrected chi connectivity index (χ2v) is 14.7. The van der Waals surface area contributed by atoms with Gasteiger partial charge in [-0.1, -0.05) is 20.8 Å². The summed E-state index contributed by atoms with van der Waals surface area (Å²) in [6.45, 7) is 17.8. The van der Waals surface area contributed by atoms with E-state index in [9.17, 15) is 4.79 Å². The van der Waals surface area contributed by atoms with E-state index in [-0.39, 0.29) is 16.7 Å². The van der Waals surface area contributed by atoms with Crippen LogP contribution in [-0.4, -0.2) is 43.1 Å². The van der Waals surface area contributed by atoms with Crippen molar-refractivity contribution in [2.24, 2.45) is 0 Å². The van der Waals surface area contributed by atoms with E-state index < -0.39 is 13.9 Å². The Morgan fingerprint density at radius 1 is 1.13 bits per heavy atom. The van der Waals surface area contributed by atoms with Crippen LogP contribution in [0.5, 0.6) is 0 Å². The first-order chi connectivity index (χ1) is 10.3. The van der Waals surface area contributed by atoms with Crippen molar-refractivity contribution in [3.63, 3.8) is 0 Å². The van der Waals surface area contributed by atoms with Gasteiger partial charge in [-0.15, -0.1) is 0 Å². The van der Waals surface area contributed by atoms with E-state index >= 15 is 0 Å². The molecule has 4 nitrogen and oxygen atoms in total. The van der Waals surface area contributed by atoms with Crippen LogP contribution in [0.3, 0.4) is 0 Å². The predicted octanol–water partition coefficient (Wildman–Crippen LogP) is 4.94. The summed E-state index contributed by atoms with van der Waals surface area (Å²) in [5.74, 6) is 0. The zero-order valence-electron chi connectivity index (χ0n) is 16.3. The van der Waals surface area contributed by atoms with Crippen molar-refractivity contribution in [1.82, 2.24) is 4.90 Å². The summed E-state index contributed by atoms with van der Waals surface area (Å²) >= 11 is 0. The number of hydrogen-bond donors (Lipinski definition) is 0. The number of rotatable bonds is 3. The Morgan fingerprint density at radius 2 is 1.65 bits per heavy atom. The van der Waals surface area contributed by atoms with Gasteiger partial charge in [0.25, 0.3) is 0 Å². The molecule has 2 fully saturated rings. The van der Waals surface area contributed by atoms with Crippen LogP contribution in [0, 0.1) is 0 Å². The van der Waals surface area contributed by atoms with Gasteiger partial charge in [-0.05, 0) is 64.6 Å². The zero-order chi connectivity index (χ0) is 17.7. The van der Waals surface area contributed by atoms with Crippen LogP contribution in [0.4, 0.5) is 4.79 Å². The molecule has 2 heterocycles. The highest BCUT2D eigenvalue weighted by molar-refractivity contribution is 6.74. The number of fused-ring (bicyclic) bond motifs is 2. The number of hydrogen-bond acceptors (Lipinski definition) is 3. The summed E-state index contributed by atoms with van der Waals surface area (Å²) in [5.41, 5.74) is -0.580. The van der Waals surface area contributed by atoms with Gasteiger partial charge in [0, 0.05) is 6.04 Å². The first-order valence-electron chi connectivity index (χ1n) is 8.94. The van der Waals surface area contributed by atoms with E-state index in [4.69, 9.17) is 9.16 Å². The van der Waals surface area contributed by atoms with Gasteiger partial charge in [-0.25, -0.2) is 4.79 Å². The van der Waals surface area contributed by atoms with Gasteiger partial charge >= 0.3 is 6.09 Å². The molecule has 0 spiro atoms. The molecule has 0 radical (unpaired) electrons. The van der Waals surface area contributed by atoms with Crippen LogP contribution in [0.15, 0.2) is 0 Å². The lowest BCUT2D eigenvalue weighted by atomic mass is 9.89. The second-order valence-electron chi connectivity index (χ2n) is 9.85. The molecule has 23 heavy (non-hydrogen) atoms. The number of ether oxygens (including phenoxy) is 1. The highest BCUT2D eigenvalue weighted by Crippen LogP contribution is 2.48. The van der Waals surface area contributed by atoms with E-state index in [1.54, 1.807) is 0 Å². The monoisotopic (exact) mass is 341 g/mol. The maximum absolute atomic E-state index is 12.7. The van der Waals surface area contributed by atoms with Gasteiger partial charge in [-0.2, -0.15) is 0 Å². The van der Waals surface area contributed by atoms with Crippen molar-refractivity contribution >= 4 is 14.4 Å². The van der Waals surface area contributed by atoms with E-state index in [0.717, 1.165) is 25.7 Å². The van der Waals surface area contributed by atoms with Crippen LogP contribution in [0.2, 0.25) is 18.1 Å². The van der Waals surface area contributed by atoms with Crippen LogP contribution in [0.25, 0.3) is 0 Å². The molecule has 2 rings (SSSR count). The maximum Gasteiger partial charge on any atom is 0.411 e. The standard InChI is InChI=1S/C18H35NO3Si/c1-16(2,3)22-15(20)19-14-9-11-18(19,12-10-14)13-21-23(7,8)17(4,5)6/h14H,9-13H2,1-8H3. The highest BCUT2D eigenvalue weighted by atomic mass is 28.4. The zero-order valence-corrected chi connectivity index (χ0v) is 17.3. The largest absolute Gasteiger partial charge is 0.444 e. The highest BCUT2D eigenvalue weighted by Gasteiger charge is 2.56. The Morgan fingerprint density at radius 3 is 2.09 bits per heavy atom. The van der Waals surface area contributed by atoms with Gasteiger partial charge in [-0.3, -0.25) is 4.90 Å². The van der Waals surface area contributed by atoms with Crippen LogP contribution in [-0.2, 0) is 9.16 Å². The summed E-state index contributed by atoms with van der Waals surface area (Å²) in [6.07, 6.45) is 4.11. The molecule has 0 unspecified atom stereocenters. The fourth-order valence-corrected chi connectivity index (χ4v) is 4.49. The van der Waals surface area contributed by atoms with Gasteiger partial charge in [0.05, 0.1) is 12.1 Å². The summed E-state index contributed by atoms with van der Waals surface area (Å²) in [6, 6.07) is 0.341. The topological polar surface area (TPSA) is 38.8 Å². The Labute approximate surface area is 143 Å². The quantitative estimate of drug-likeness (QED) is 0.682. The molecular formula is C18H35NO3Si. The number of amides is 1. The molecule has 0 aromatic heterocycles. The van der Waals surface area contributed by atoms with Crippen LogP contribution in [0.1, 0.15) is 67.2 Å². The molecule has 5 heteroatoms. The van der Waals surface area contributed by atoms with Crippen molar-refractivity contribution in [2.75, 3.05) is 6.61 Å². The fourth-order valence-electron chi connectivity index (χ4n) is 3.43. The first kappa shape index (κ1) is 18.8. The first-order valence-corrected chi connectivity index (χ1v) is 11.8. The summed E-state index contributed by atoms with van der Waals surface area (Å²) in [7, 11) is -1.81. The Bertz CT molecular complexity index is 454. The van der Waals surface area contributed by atoms with Crippen molar-refractivity contribution in [3.05, 3.63) is 0 Å². The SMILES string of the molecule is CC(C)(C)OC(=O)N1C2CCC1(CO[Si](C)(C)C(C)(C)C)CC2. The number of nitrogens with zero attached hydrogens (tertiary/aromatic N) is 1.